The number of aromatic amines is 1. The van der Waals surface area contributed by atoms with Crippen LogP contribution in [0, 0.1) is 0 Å². The van der Waals surface area contributed by atoms with Crippen molar-refractivity contribution in [1.82, 2.24) is 19.3 Å². The fourth-order valence-electron chi connectivity index (χ4n) is 1.96. The SMILES string of the molecule is O=c1[nH]c(=O)n(Cc2cnn(-c3ccccc3)c2)cc1Br. The quantitative estimate of drug-likeness (QED) is 0.781. The van der Waals surface area contributed by atoms with Gasteiger partial charge in [0.1, 0.15) is 0 Å². The highest BCUT2D eigenvalue weighted by Gasteiger charge is 2.05. The summed E-state index contributed by atoms with van der Waals surface area (Å²) in [7, 11) is 0. The Morgan fingerprint density at radius 3 is 2.67 bits per heavy atom. The molecule has 0 spiro atoms. The molecular formula is C14H11BrN4O2. The van der Waals surface area contributed by atoms with Crippen molar-refractivity contribution in [2.24, 2.45) is 0 Å². The maximum absolute atomic E-state index is 11.7. The summed E-state index contributed by atoms with van der Waals surface area (Å²) in [6.07, 6.45) is 5.01. The molecule has 6 nitrogen and oxygen atoms in total. The molecule has 0 amide bonds. The normalized spacial score (nSPS) is 10.7. The van der Waals surface area contributed by atoms with E-state index in [4.69, 9.17) is 0 Å². The van der Waals surface area contributed by atoms with Crippen molar-refractivity contribution in [2.45, 2.75) is 6.54 Å². The molecule has 7 heteroatoms. The minimum absolute atomic E-state index is 0.317. The number of H-pyrrole nitrogens is 1. The van der Waals surface area contributed by atoms with Crippen molar-refractivity contribution in [3.05, 3.63) is 79.8 Å². The molecule has 0 saturated heterocycles. The van der Waals surface area contributed by atoms with Gasteiger partial charge in [0.2, 0.25) is 0 Å². The Hall–Kier alpha value is -2.41. The van der Waals surface area contributed by atoms with Crippen LogP contribution < -0.4 is 11.2 Å². The number of aromatic nitrogens is 4. The second-order valence-corrected chi connectivity index (χ2v) is 5.35. The van der Waals surface area contributed by atoms with Crippen LogP contribution in [0.1, 0.15) is 5.56 Å². The van der Waals surface area contributed by atoms with Crippen molar-refractivity contribution in [3.63, 3.8) is 0 Å². The lowest BCUT2D eigenvalue weighted by Crippen LogP contribution is -2.30. The Morgan fingerprint density at radius 2 is 1.90 bits per heavy atom. The molecule has 3 aromatic rings. The van der Waals surface area contributed by atoms with Crippen LogP contribution in [0.15, 0.2) is 63.0 Å². The van der Waals surface area contributed by atoms with Gasteiger partial charge in [0.25, 0.3) is 5.56 Å². The number of para-hydroxylation sites is 1. The highest BCUT2D eigenvalue weighted by atomic mass is 79.9. The zero-order chi connectivity index (χ0) is 14.8. The molecule has 0 bridgehead atoms. The highest BCUT2D eigenvalue weighted by molar-refractivity contribution is 9.10. The predicted molar refractivity (Wildman–Crippen MR) is 81.7 cm³/mol. The number of nitrogens with one attached hydrogen (secondary N) is 1. The first-order valence-electron chi connectivity index (χ1n) is 6.22. The molecule has 2 aromatic heterocycles. The lowest BCUT2D eigenvalue weighted by atomic mass is 10.3. The molecule has 0 radical (unpaired) electrons. The minimum Gasteiger partial charge on any atom is -0.295 e. The average molecular weight is 347 g/mol. The van der Waals surface area contributed by atoms with Gasteiger partial charge in [-0.05, 0) is 28.1 Å². The number of nitrogens with zero attached hydrogens (tertiary/aromatic N) is 3. The summed E-state index contributed by atoms with van der Waals surface area (Å²) in [4.78, 5) is 25.3. The largest absolute Gasteiger partial charge is 0.328 e. The van der Waals surface area contributed by atoms with E-state index in [9.17, 15) is 9.59 Å². The molecule has 0 aliphatic carbocycles. The summed E-state index contributed by atoms with van der Waals surface area (Å²) in [5, 5.41) is 4.27. The van der Waals surface area contributed by atoms with Gasteiger partial charge in [-0.15, -0.1) is 0 Å². The van der Waals surface area contributed by atoms with Crippen molar-refractivity contribution < 1.29 is 0 Å². The van der Waals surface area contributed by atoms with Crippen LogP contribution in [0.4, 0.5) is 0 Å². The van der Waals surface area contributed by atoms with Gasteiger partial charge in [-0.2, -0.15) is 5.10 Å². The lowest BCUT2D eigenvalue weighted by Gasteiger charge is -2.03. The summed E-state index contributed by atoms with van der Waals surface area (Å²) >= 11 is 3.11. The van der Waals surface area contributed by atoms with Crippen LogP contribution in [0.25, 0.3) is 5.69 Å². The first-order chi connectivity index (χ1) is 10.1. The second kappa shape index (κ2) is 5.53. The van der Waals surface area contributed by atoms with E-state index in [1.807, 2.05) is 36.5 Å². The summed E-state index contributed by atoms with van der Waals surface area (Å²) in [5.74, 6) is 0. The van der Waals surface area contributed by atoms with Crippen molar-refractivity contribution in [2.75, 3.05) is 0 Å². The maximum Gasteiger partial charge on any atom is 0.328 e. The third-order valence-corrected chi connectivity index (χ3v) is 3.54. The van der Waals surface area contributed by atoms with Crippen LogP contribution >= 0.6 is 15.9 Å². The summed E-state index contributed by atoms with van der Waals surface area (Å²) in [6, 6.07) is 9.69. The zero-order valence-electron chi connectivity index (χ0n) is 10.9. The number of hydrogen-bond acceptors (Lipinski definition) is 3. The minimum atomic E-state index is -0.448. The monoisotopic (exact) mass is 346 g/mol. The smallest absolute Gasteiger partial charge is 0.295 e. The van der Waals surface area contributed by atoms with Crippen molar-refractivity contribution in [3.8, 4) is 5.69 Å². The molecule has 0 fully saturated rings. The Morgan fingerprint density at radius 1 is 1.14 bits per heavy atom. The molecule has 0 saturated carbocycles. The molecule has 0 aliphatic heterocycles. The van der Waals surface area contributed by atoms with Crippen LogP contribution in [-0.2, 0) is 6.54 Å². The third-order valence-electron chi connectivity index (χ3n) is 2.98. The van der Waals surface area contributed by atoms with E-state index in [1.165, 1.54) is 10.8 Å². The van der Waals surface area contributed by atoms with E-state index in [-0.39, 0.29) is 0 Å². The van der Waals surface area contributed by atoms with Gasteiger partial charge in [0.15, 0.2) is 0 Å². The Labute approximate surface area is 127 Å². The van der Waals surface area contributed by atoms with Gasteiger partial charge in [0.05, 0.1) is 22.9 Å². The number of rotatable bonds is 3. The number of hydrogen-bond donors (Lipinski definition) is 1. The first-order valence-corrected chi connectivity index (χ1v) is 7.01. The van der Waals surface area contributed by atoms with E-state index in [2.05, 4.69) is 26.0 Å². The van der Waals surface area contributed by atoms with Crippen LogP contribution in [-0.4, -0.2) is 19.3 Å². The fourth-order valence-corrected chi connectivity index (χ4v) is 2.31. The van der Waals surface area contributed by atoms with Gasteiger partial charge < -0.3 is 0 Å². The average Bonchev–Trinajstić information content (AvgIpc) is 2.94. The summed E-state index contributed by atoms with van der Waals surface area (Å²) in [6.45, 7) is 0.334. The number of benzene rings is 1. The molecule has 21 heavy (non-hydrogen) atoms. The molecule has 2 heterocycles. The molecule has 1 aromatic carbocycles. The zero-order valence-corrected chi connectivity index (χ0v) is 12.4. The van der Waals surface area contributed by atoms with Gasteiger partial charge >= 0.3 is 5.69 Å². The maximum atomic E-state index is 11.7. The molecule has 0 aliphatic rings. The predicted octanol–water partition coefficient (Wildman–Crippen LogP) is 1.53. The fraction of sp³-hybridized carbons (Fsp3) is 0.0714. The molecule has 3 rings (SSSR count). The van der Waals surface area contributed by atoms with Gasteiger partial charge in [-0.1, -0.05) is 18.2 Å². The van der Waals surface area contributed by atoms with E-state index in [0.717, 1.165) is 11.3 Å². The number of halogens is 1. The van der Waals surface area contributed by atoms with E-state index >= 15 is 0 Å². The van der Waals surface area contributed by atoms with E-state index < -0.39 is 11.2 Å². The van der Waals surface area contributed by atoms with E-state index in [0.29, 0.717) is 11.0 Å². The highest BCUT2D eigenvalue weighted by Crippen LogP contribution is 2.08. The van der Waals surface area contributed by atoms with E-state index in [1.54, 1.807) is 10.9 Å². The van der Waals surface area contributed by atoms with Crippen LogP contribution in [0.5, 0.6) is 0 Å². The first kappa shape index (κ1) is 13.6. The van der Waals surface area contributed by atoms with Crippen LogP contribution in [0.3, 0.4) is 0 Å². The van der Waals surface area contributed by atoms with Gasteiger partial charge in [-0.25, -0.2) is 9.48 Å². The lowest BCUT2D eigenvalue weighted by molar-refractivity contribution is 0.715. The topological polar surface area (TPSA) is 72.7 Å². The molecule has 0 atom stereocenters. The Balaban J connectivity index is 1.90. The summed E-state index contributed by atoms with van der Waals surface area (Å²) in [5.41, 5.74) is 0.922. The summed E-state index contributed by atoms with van der Waals surface area (Å²) < 4.78 is 3.47. The Kier molecular flexibility index (Phi) is 3.57. The molecule has 106 valence electrons. The van der Waals surface area contributed by atoms with Crippen molar-refractivity contribution in [1.29, 1.82) is 0 Å². The second-order valence-electron chi connectivity index (χ2n) is 4.49. The third kappa shape index (κ3) is 2.87. The molecular weight excluding hydrogens is 336 g/mol. The van der Waals surface area contributed by atoms with Gasteiger partial charge in [-0.3, -0.25) is 14.3 Å². The molecule has 0 unspecified atom stereocenters. The van der Waals surface area contributed by atoms with Gasteiger partial charge in [0, 0.05) is 18.0 Å². The van der Waals surface area contributed by atoms with Crippen LogP contribution in [0.2, 0.25) is 0 Å². The van der Waals surface area contributed by atoms with Crippen molar-refractivity contribution >= 4 is 15.9 Å². The Bertz CT molecular complexity index is 880. The molecule has 1 N–H and O–H groups in total. The standard InChI is InChI=1S/C14H11BrN4O2/c15-12-9-18(14(21)17-13(12)20)7-10-6-16-19(8-10)11-4-2-1-3-5-11/h1-6,8-9H,7H2,(H,17,20,21).